The number of pyridine rings is 1. The first kappa shape index (κ1) is 14.4. The van der Waals surface area contributed by atoms with Gasteiger partial charge in [-0.15, -0.1) is 5.10 Å². The van der Waals surface area contributed by atoms with Crippen molar-refractivity contribution in [3.63, 3.8) is 0 Å². The smallest absolute Gasteiger partial charge is 0.335 e. The lowest BCUT2D eigenvalue weighted by Gasteiger charge is -2.04. The number of hydrogen-bond donors (Lipinski definition) is 2. The predicted molar refractivity (Wildman–Crippen MR) is 86.7 cm³/mol. The minimum atomic E-state index is -0.967. The highest BCUT2D eigenvalue weighted by Gasteiger charge is 2.30. The molecule has 1 aliphatic rings. The second-order valence-electron chi connectivity index (χ2n) is 5.76. The Morgan fingerprint density at radius 1 is 1.12 bits per heavy atom. The molecule has 2 aromatic heterocycles. The van der Waals surface area contributed by atoms with Crippen LogP contribution in [-0.2, 0) is 4.79 Å². The van der Waals surface area contributed by atoms with Gasteiger partial charge in [0.2, 0.25) is 11.9 Å². The zero-order valence-corrected chi connectivity index (χ0v) is 12.6. The molecular formula is C17H14N4O3. The SMILES string of the molecule is O=C(O)c1ccc(-c2cccc3nc(NC(=O)C4CC4)nn23)cc1. The molecule has 0 aliphatic heterocycles. The van der Waals surface area contributed by atoms with Gasteiger partial charge in [0, 0.05) is 11.5 Å². The van der Waals surface area contributed by atoms with Crippen LogP contribution in [0, 0.1) is 5.92 Å². The lowest BCUT2D eigenvalue weighted by Crippen LogP contribution is -2.14. The molecular weight excluding hydrogens is 308 g/mol. The van der Waals surface area contributed by atoms with E-state index in [4.69, 9.17) is 5.11 Å². The maximum atomic E-state index is 11.9. The van der Waals surface area contributed by atoms with Gasteiger partial charge >= 0.3 is 5.97 Å². The van der Waals surface area contributed by atoms with Gasteiger partial charge in [-0.3, -0.25) is 10.1 Å². The van der Waals surface area contributed by atoms with Crippen LogP contribution in [0.4, 0.5) is 5.95 Å². The summed E-state index contributed by atoms with van der Waals surface area (Å²) in [6, 6.07) is 12.0. The first-order valence-electron chi connectivity index (χ1n) is 7.62. The number of carbonyl (C=O) groups excluding carboxylic acids is 1. The molecule has 0 atom stereocenters. The molecule has 1 amide bonds. The van der Waals surface area contributed by atoms with Crippen molar-refractivity contribution in [1.82, 2.24) is 14.6 Å². The zero-order chi connectivity index (χ0) is 16.7. The zero-order valence-electron chi connectivity index (χ0n) is 12.6. The van der Waals surface area contributed by atoms with E-state index < -0.39 is 5.97 Å². The van der Waals surface area contributed by atoms with Crippen molar-refractivity contribution in [2.24, 2.45) is 5.92 Å². The van der Waals surface area contributed by atoms with Gasteiger partial charge in [-0.25, -0.2) is 9.31 Å². The number of anilines is 1. The Hall–Kier alpha value is -3.22. The van der Waals surface area contributed by atoms with Gasteiger partial charge in [0.1, 0.15) is 0 Å². The predicted octanol–water partition coefficient (Wildman–Crippen LogP) is 2.44. The van der Waals surface area contributed by atoms with Crippen molar-refractivity contribution in [2.75, 3.05) is 5.32 Å². The van der Waals surface area contributed by atoms with E-state index >= 15 is 0 Å². The number of hydrogen-bond acceptors (Lipinski definition) is 4. The van der Waals surface area contributed by atoms with E-state index in [2.05, 4.69) is 15.4 Å². The molecule has 24 heavy (non-hydrogen) atoms. The van der Waals surface area contributed by atoms with E-state index in [1.54, 1.807) is 34.8 Å². The first-order valence-corrected chi connectivity index (χ1v) is 7.62. The highest BCUT2D eigenvalue weighted by atomic mass is 16.4. The largest absolute Gasteiger partial charge is 0.478 e. The van der Waals surface area contributed by atoms with E-state index in [1.807, 2.05) is 12.1 Å². The number of carboxylic acids is 1. The van der Waals surface area contributed by atoms with Crippen LogP contribution < -0.4 is 5.32 Å². The number of carboxylic acid groups (broad SMARTS) is 1. The normalized spacial score (nSPS) is 13.8. The molecule has 1 saturated carbocycles. The molecule has 120 valence electrons. The number of nitrogens with one attached hydrogen (secondary N) is 1. The lowest BCUT2D eigenvalue weighted by atomic mass is 10.1. The van der Waals surface area contributed by atoms with Crippen molar-refractivity contribution < 1.29 is 14.7 Å². The summed E-state index contributed by atoms with van der Waals surface area (Å²) in [5, 5.41) is 16.1. The quantitative estimate of drug-likeness (QED) is 0.769. The lowest BCUT2D eigenvalue weighted by molar-refractivity contribution is -0.117. The van der Waals surface area contributed by atoms with Crippen LogP contribution in [0.2, 0.25) is 0 Å². The minimum absolute atomic E-state index is 0.0433. The van der Waals surface area contributed by atoms with E-state index in [9.17, 15) is 9.59 Å². The molecule has 2 heterocycles. The van der Waals surface area contributed by atoms with Gasteiger partial charge in [-0.1, -0.05) is 18.2 Å². The van der Waals surface area contributed by atoms with Crippen molar-refractivity contribution >= 4 is 23.5 Å². The Morgan fingerprint density at radius 3 is 2.54 bits per heavy atom. The van der Waals surface area contributed by atoms with E-state index in [-0.39, 0.29) is 23.3 Å². The Morgan fingerprint density at radius 2 is 1.88 bits per heavy atom. The molecule has 0 bridgehead atoms. The van der Waals surface area contributed by atoms with Crippen molar-refractivity contribution in [1.29, 1.82) is 0 Å². The summed E-state index contributed by atoms with van der Waals surface area (Å²) >= 11 is 0. The fourth-order valence-corrected chi connectivity index (χ4v) is 2.52. The first-order chi connectivity index (χ1) is 11.6. The molecule has 1 aromatic carbocycles. The van der Waals surface area contributed by atoms with Crippen molar-refractivity contribution in [2.45, 2.75) is 12.8 Å². The Bertz CT molecular complexity index is 942. The maximum Gasteiger partial charge on any atom is 0.335 e. The third-order valence-corrected chi connectivity index (χ3v) is 3.97. The number of carbonyl (C=O) groups is 2. The highest BCUT2D eigenvalue weighted by molar-refractivity contribution is 5.92. The summed E-state index contributed by atoms with van der Waals surface area (Å²) in [6.07, 6.45) is 1.83. The van der Waals surface area contributed by atoms with E-state index in [1.165, 1.54) is 0 Å². The van der Waals surface area contributed by atoms with Gasteiger partial charge < -0.3 is 5.11 Å². The van der Waals surface area contributed by atoms with Crippen LogP contribution in [-0.4, -0.2) is 31.6 Å². The summed E-state index contributed by atoms with van der Waals surface area (Å²) < 4.78 is 1.64. The van der Waals surface area contributed by atoms with E-state index in [0.717, 1.165) is 24.1 Å². The van der Waals surface area contributed by atoms with Crippen LogP contribution in [0.1, 0.15) is 23.2 Å². The summed E-state index contributed by atoms with van der Waals surface area (Å²) in [5.41, 5.74) is 2.42. The van der Waals surface area contributed by atoms with Crippen LogP contribution in [0.25, 0.3) is 16.9 Å². The molecule has 2 N–H and O–H groups in total. The van der Waals surface area contributed by atoms with Gasteiger partial charge in [-0.2, -0.15) is 4.98 Å². The van der Waals surface area contributed by atoms with Crippen LogP contribution >= 0.6 is 0 Å². The average molecular weight is 322 g/mol. The van der Waals surface area contributed by atoms with E-state index in [0.29, 0.717) is 5.65 Å². The van der Waals surface area contributed by atoms with Crippen LogP contribution in [0.15, 0.2) is 42.5 Å². The molecule has 7 heteroatoms. The van der Waals surface area contributed by atoms with Gasteiger partial charge in [0.25, 0.3) is 0 Å². The van der Waals surface area contributed by atoms with Gasteiger partial charge in [0.05, 0.1) is 11.3 Å². The summed E-state index contributed by atoms with van der Waals surface area (Å²) in [5.74, 6) is -0.648. The molecule has 1 aliphatic carbocycles. The highest BCUT2D eigenvalue weighted by Crippen LogP contribution is 2.30. The average Bonchev–Trinajstić information content (AvgIpc) is 3.35. The Labute approximate surface area is 137 Å². The second-order valence-corrected chi connectivity index (χ2v) is 5.76. The number of aromatic nitrogens is 3. The standard InChI is InChI=1S/C17H14N4O3/c22-15(11-6-7-11)19-17-18-14-3-1-2-13(21(14)20-17)10-4-8-12(9-5-10)16(23)24/h1-5,8-9,11H,6-7H2,(H,23,24)(H,19,20,22). The summed E-state index contributed by atoms with van der Waals surface area (Å²) in [4.78, 5) is 27.1. The number of benzene rings is 1. The molecule has 0 saturated heterocycles. The van der Waals surface area contributed by atoms with Crippen LogP contribution in [0.3, 0.4) is 0 Å². The topological polar surface area (TPSA) is 96.6 Å². The number of rotatable bonds is 4. The fourth-order valence-electron chi connectivity index (χ4n) is 2.52. The molecule has 0 unspecified atom stereocenters. The molecule has 3 aromatic rings. The van der Waals surface area contributed by atoms with Crippen LogP contribution in [0.5, 0.6) is 0 Å². The molecule has 1 fully saturated rings. The molecule has 0 radical (unpaired) electrons. The third kappa shape index (κ3) is 2.60. The number of amides is 1. The summed E-state index contributed by atoms with van der Waals surface area (Å²) in [6.45, 7) is 0. The van der Waals surface area contributed by atoms with Gasteiger partial charge in [0.15, 0.2) is 5.65 Å². The fraction of sp³-hybridized carbons (Fsp3) is 0.176. The number of nitrogens with zero attached hydrogens (tertiary/aromatic N) is 3. The van der Waals surface area contributed by atoms with Gasteiger partial charge in [-0.05, 0) is 37.1 Å². The van der Waals surface area contributed by atoms with Crippen molar-refractivity contribution in [3.05, 3.63) is 48.0 Å². The van der Waals surface area contributed by atoms with Crippen molar-refractivity contribution in [3.8, 4) is 11.3 Å². The molecule has 7 nitrogen and oxygen atoms in total. The monoisotopic (exact) mass is 322 g/mol. The minimum Gasteiger partial charge on any atom is -0.478 e. The third-order valence-electron chi connectivity index (χ3n) is 3.97. The summed E-state index contributed by atoms with van der Waals surface area (Å²) in [7, 11) is 0. The Balaban J connectivity index is 1.70. The number of aromatic carboxylic acids is 1. The molecule has 0 spiro atoms. The Kier molecular flexibility index (Phi) is 3.26. The second kappa shape index (κ2) is 5.45. The molecule has 4 rings (SSSR count). The maximum absolute atomic E-state index is 11.9. The number of fused-ring (bicyclic) bond motifs is 1.